The van der Waals surface area contributed by atoms with E-state index in [0.717, 1.165) is 10.6 Å². The van der Waals surface area contributed by atoms with Crippen LogP contribution in [0, 0.1) is 0 Å². The third-order valence-electron chi connectivity index (χ3n) is 3.62. The Morgan fingerprint density at radius 2 is 2.04 bits per heavy atom. The average Bonchev–Trinajstić information content (AvgIpc) is 3.10. The van der Waals surface area contributed by atoms with E-state index in [2.05, 4.69) is 15.1 Å². The number of methoxy groups -OCH3 is 1. The Morgan fingerprint density at radius 3 is 2.72 bits per heavy atom. The smallest absolute Gasteiger partial charge is 0.259 e. The van der Waals surface area contributed by atoms with Gasteiger partial charge in [0.2, 0.25) is 5.82 Å². The maximum atomic E-state index is 9.98. The summed E-state index contributed by atoms with van der Waals surface area (Å²) in [5.74, 6) is 1.61. The van der Waals surface area contributed by atoms with Crippen LogP contribution in [0.2, 0.25) is 0 Å². The van der Waals surface area contributed by atoms with Gasteiger partial charge in [-0.3, -0.25) is 5.21 Å². The molecule has 8 heteroatoms. The maximum Gasteiger partial charge on any atom is 0.259 e. The van der Waals surface area contributed by atoms with Crippen molar-refractivity contribution in [2.24, 2.45) is 0 Å². The summed E-state index contributed by atoms with van der Waals surface area (Å²) < 4.78 is 10.6. The standard InChI is InChI=1S/C17H19N5O3/c1-10(2)22(23)16-13(18)8-11(9-19-16)17-20-15(21-25-17)12-6-4-5-7-14(12)24-3/h4-10,23H,18H2,1-3H3. The van der Waals surface area contributed by atoms with Gasteiger partial charge >= 0.3 is 0 Å². The molecular formula is C17H19N5O3. The fraction of sp³-hybridized carbons (Fsp3) is 0.235. The highest BCUT2D eigenvalue weighted by Gasteiger charge is 2.17. The lowest BCUT2D eigenvalue weighted by Gasteiger charge is -2.21. The minimum Gasteiger partial charge on any atom is -0.496 e. The van der Waals surface area contributed by atoms with E-state index < -0.39 is 0 Å². The molecule has 3 aromatic rings. The molecule has 8 nitrogen and oxygen atoms in total. The quantitative estimate of drug-likeness (QED) is 0.681. The summed E-state index contributed by atoms with van der Waals surface area (Å²) in [6, 6.07) is 8.87. The van der Waals surface area contributed by atoms with E-state index in [0.29, 0.717) is 22.8 Å². The topological polar surface area (TPSA) is 111 Å². The van der Waals surface area contributed by atoms with Gasteiger partial charge in [-0.2, -0.15) is 4.98 Å². The fourth-order valence-corrected chi connectivity index (χ4v) is 2.31. The zero-order valence-corrected chi connectivity index (χ0v) is 14.2. The van der Waals surface area contributed by atoms with Gasteiger partial charge in [-0.1, -0.05) is 17.3 Å². The van der Waals surface area contributed by atoms with Crippen molar-refractivity contribution in [3.8, 4) is 28.6 Å². The average molecular weight is 341 g/mol. The molecule has 0 aliphatic rings. The number of hydrogen-bond donors (Lipinski definition) is 2. The van der Waals surface area contributed by atoms with E-state index in [4.69, 9.17) is 15.0 Å². The molecule has 25 heavy (non-hydrogen) atoms. The number of nitrogens with two attached hydrogens (primary N) is 1. The first-order valence-corrected chi connectivity index (χ1v) is 7.72. The molecule has 2 heterocycles. The van der Waals surface area contributed by atoms with E-state index in [-0.39, 0.29) is 17.8 Å². The summed E-state index contributed by atoms with van der Waals surface area (Å²) in [6.07, 6.45) is 1.52. The number of rotatable bonds is 5. The first-order chi connectivity index (χ1) is 12.0. The molecule has 0 unspecified atom stereocenters. The highest BCUT2D eigenvalue weighted by molar-refractivity contribution is 5.70. The van der Waals surface area contributed by atoms with Gasteiger partial charge in [0.25, 0.3) is 5.89 Å². The van der Waals surface area contributed by atoms with Crippen LogP contribution in [0.5, 0.6) is 5.75 Å². The van der Waals surface area contributed by atoms with Crippen molar-refractivity contribution < 1.29 is 14.5 Å². The molecule has 0 fully saturated rings. The number of nitrogens with zero attached hydrogens (tertiary/aromatic N) is 4. The highest BCUT2D eigenvalue weighted by Crippen LogP contribution is 2.30. The Labute approximate surface area is 144 Å². The lowest BCUT2D eigenvalue weighted by molar-refractivity contribution is 0.226. The summed E-state index contributed by atoms with van der Waals surface area (Å²) in [6.45, 7) is 3.65. The molecule has 0 saturated heterocycles. The van der Waals surface area contributed by atoms with Crippen LogP contribution in [0.1, 0.15) is 13.8 Å². The molecule has 3 N–H and O–H groups in total. The number of aromatic nitrogens is 3. The Bertz CT molecular complexity index is 878. The number of para-hydroxylation sites is 1. The first-order valence-electron chi connectivity index (χ1n) is 7.72. The van der Waals surface area contributed by atoms with Gasteiger partial charge in [-0.15, -0.1) is 0 Å². The van der Waals surface area contributed by atoms with Crippen molar-refractivity contribution in [1.29, 1.82) is 0 Å². The van der Waals surface area contributed by atoms with E-state index in [9.17, 15) is 5.21 Å². The summed E-state index contributed by atoms with van der Waals surface area (Å²) in [4.78, 5) is 8.57. The van der Waals surface area contributed by atoms with Crippen LogP contribution >= 0.6 is 0 Å². The van der Waals surface area contributed by atoms with Crippen molar-refractivity contribution in [2.75, 3.05) is 17.9 Å². The van der Waals surface area contributed by atoms with Gasteiger partial charge in [-0.05, 0) is 32.0 Å². The predicted octanol–water partition coefficient (Wildman–Crippen LogP) is 2.99. The number of ether oxygens (including phenoxy) is 1. The third kappa shape index (κ3) is 3.24. The second kappa shape index (κ2) is 6.78. The molecule has 0 aliphatic heterocycles. The number of nitrogen functional groups attached to an aromatic ring is 1. The van der Waals surface area contributed by atoms with Crippen molar-refractivity contribution in [3.63, 3.8) is 0 Å². The van der Waals surface area contributed by atoms with Crippen molar-refractivity contribution in [1.82, 2.24) is 15.1 Å². The van der Waals surface area contributed by atoms with E-state index >= 15 is 0 Å². The van der Waals surface area contributed by atoms with Crippen LogP contribution in [-0.4, -0.2) is 33.5 Å². The Hall–Kier alpha value is -3.13. The Morgan fingerprint density at radius 1 is 1.28 bits per heavy atom. The van der Waals surface area contributed by atoms with Gasteiger partial charge in [0.1, 0.15) is 5.75 Å². The Kier molecular flexibility index (Phi) is 4.53. The normalized spacial score (nSPS) is 10.9. The van der Waals surface area contributed by atoms with Gasteiger partial charge in [-0.25, -0.2) is 10.0 Å². The van der Waals surface area contributed by atoms with Crippen molar-refractivity contribution in [3.05, 3.63) is 36.5 Å². The van der Waals surface area contributed by atoms with Crippen LogP contribution in [0.25, 0.3) is 22.8 Å². The summed E-state index contributed by atoms with van der Waals surface area (Å²) >= 11 is 0. The SMILES string of the molecule is COc1ccccc1-c1noc(-c2cnc(N(O)C(C)C)c(N)c2)n1. The molecular weight excluding hydrogens is 322 g/mol. The molecule has 0 amide bonds. The molecule has 0 radical (unpaired) electrons. The van der Waals surface area contributed by atoms with E-state index in [1.165, 1.54) is 6.20 Å². The van der Waals surface area contributed by atoms with E-state index in [1.54, 1.807) is 13.2 Å². The van der Waals surface area contributed by atoms with Gasteiger partial charge in [0, 0.05) is 6.20 Å². The minimum atomic E-state index is -0.152. The zero-order chi connectivity index (χ0) is 18.0. The molecule has 0 bridgehead atoms. The molecule has 1 aromatic carbocycles. The summed E-state index contributed by atoms with van der Waals surface area (Å²) in [5, 5.41) is 15.0. The zero-order valence-electron chi connectivity index (χ0n) is 14.2. The molecule has 130 valence electrons. The lowest BCUT2D eigenvalue weighted by Crippen LogP contribution is -2.28. The van der Waals surface area contributed by atoms with Gasteiger partial charge in [0.15, 0.2) is 5.82 Å². The predicted molar refractivity (Wildman–Crippen MR) is 93.3 cm³/mol. The van der Waals surface area contributed by atoms with Gasteiger partial charge in [0.05, 0.1) is 30.0 Å². The number of anilines is 2. The van der Waals surface area contributed by atoms with Crippen LogP contribution in [-0.2, 0) is 0 Å². The summed E-state index contributed by atoms with van der Waals surface area (Å²) in [7, 11) is 1.58. The van der Waals surface area contributed by atoms with Crippen molar-refractivity contribution >= 4 is 11.5 Å². The molecule has 0 aliphatic carbocycles. The number of pyridine rings is 1. The summed E-state index contributed by atoms with van der Waals surface area (Å²) in [5.41, 5.74) is 7.58. The second-order valence-corrected chi connectivity index (χ2v) is 5.70. The van der Waals surface area contributed by atoms with Crippen LogP contribution in [0.3, 0.4) is 0 Å². The molecule has 0 spiro atoms. The van der Waals surface area contributed by atoms with Crippen molar-refractivity contribution in [2.45, 2.75) is 19.9 Å². The second-order valence-electron chi connectivity index (χ2n) is 5.70. The van der Waals surface area contributed by atoms with Gasteiger partial charge < -0.3 is 15.0 Å². The largest absolute Gasteiger partial charge is 0.496 e. The monoisotopic (exact) mass is 341 g/mol. The molecule has 2 aromatic heterocycles. The number of hydrogen-bond acceptors (Lipinski definition) is 8. The maximum absolute atomic E-state index is 9.98. The molecule has 0 saturated carbocycles. The molecule has 0 atom stereocenters. The van der Waals surface area contributed by atoms with Crippen LogP contribution in [0.4, 0.5) is 11.5 Å². The Balaban J connectivity index is 1.94. The minimum absolute atomic E-state index is 0.152. The third-order valence-corrected chi connectivity index (χ3v) is 3.62. The highest BCUT2D eigenvalue weighted by atomic mass is 16.5. The number of benzene rings is 1. The van der Waals surface area contributed by atoms with Crippen LogP contribution in [0.15, 0.2) is 41.1 Å². The fourth-order valence-electron chi connectivity index (χ4n) is 2.31. The number of hydroxylamine groups is 1. The lowest BCUT2D eigenvalue weighted by atomic mass is 10.2. The first kappa shape index (κ1) is 16.7. The van der Waals surface area contributed by atoms with E-state index in [1.807, 2.05) is 38.1 Å². The molecule has 3 rings (SSSR count). The van der Waals surface area contributed by atoms with Crippen LogP contribution < -0.4 is 15.5 Å².